The fourth-order valence-electron chi connectivity index (χ4n) is 2.11. The normalized spacial score (nSPS) is 25.2. The second-order valence-corrected chi connectivity index (χ2v) is 6.45. The van der Waals surface area contributed by atoms with Crippen molar-refractivity contribution >= 4 is 17.8 Å². The molecule has 1 fully saturated rings. The molecular formula is C12H21N3OS. The Morgan fingerprint density at radius 2 is 2.18 bits per heavy atom. The van der Waals surface area contributed by atoms with Gasteiger partial charge < -0.3 is 14.6 Å². The minimum Gasteiger partial charge on any atom is -0.432 e. The highest BCUT2D eigenvalue weighted by Crippen LogP contribution is 2.27. The van der Waals surface area contributed by atoms with E-state index in [0.29, 0.717) is 10.5 Å². The first-order valence-electron chi connectivity index (χ1n) is 6.24. The van der Waals surface area contributed by atoms with Crippen molar-refractivity contribution in [3.8, 4) is 0 Å². The number of rotatable bonds is 4. The van der Waals surface area contributed by atoms with Crippen molar-refractivity contribution in [3.05, 3.63) is 12.0 Å². The maximum atomic E-state index is 5.56. The summed E-state index contributed by atoms with van der Waals surface area (Å²) in [7, 11) is 0. The summed E-state index contributed by atoms with van der Waals surface area (Å²) in [5.41, 5.74) is 0.986. The average molecular weight is 255 g/mol. The summed E-state index contributed by atoms with van der Waals surface area (Å²) in [5.74, 6) is 0. The standard InChI is InChI=1S/C12H21N3OS/c1-4-13-5-11-8-16-12(14-11)15-6-9(2)17-10(3)7-15/h8-10,13H,4-7H2,1-3H3. The van der Waals surface area contributed by atoms with Crippen LogP contribution in [-0.4, -0.2) is 35.1 Å². The molecular weight excluding hydrogens is 234 g/mol. The highest BCUT2D eigenvalue weighted by molar-refractivity contribution is 8.00. The minimum atomic E-state index is 0.642. The summed E-state index contributed by atoms with van der Waals surface area (Å²) < 4.78 is 5.56. The number of thioether (sulfide) groups is 1. The Hall–Kier alpha value is -0.680. The summed E-state index contributed by atoms with van der Waals surface area (Å²) in [5, 5.41) is 4.54. The van der Waals surface area contributed by atoms with Crippen LogP contribution in [0.15, 0.2) is 10.7 Å². The van der Waals surface area contributed by atoms with E-state index in [9.17, 15) is 0 Å². The summed E-state index contributed by atoms with van der Waals surface area (Å²) in [6.45, 7) is 10.4. The summed E-state index contributed by atoms with van der Waals surface area (Å²) >= 11 is 2.04. The van der Waals surface area contributed by atoms with Crippen molar-refractivity contribution in [1.29, 1.82) is 0 Å². The van der Waals surface area contributed by atoms with E-state index < -0.39 is 0 Å². The van der Waals surface area contributed by atoms with Crippen molar-refractivity contribution < 1.29 is 4.42 Å². The number of aromatic nitrogens is 1. The van der Waals surface area contributed by atoms with Gasteiger partial charge in [0.15, 0.2) is 0 Å². The zero-order valence-corrected chi connectivity index (χ0v) is 11.6. The lowest BCUT2D eigenvalue weighted by molar-refractivity contribution is 0.526. The molecule has 96 valence electrons. The molecule has 0 amide bonds. The smallest absolute Gasteiger partial charge is 0.297 e. The molecule has 0 aliphatic carbocycles. The van der Waals surface area contributed by atoms with Crippen molar-refractivity contribution in [2.24, 2.45) is 0 Å². The third-order valence-electron chi connectivity index (χ3n) is 2.79. The van der Waals surface area contributed by atoms with Gasteiger partial charge in [-0.2, -0.15) is 16.7 Å². The van der Waals surface area contributed by atoms with Gasteiger partial charge in [0.1, 0.15) is 6.26 Å². The molecule has 1 aliphatic heterocycles. The van der Waals surface area contributed by atoms with E-state index in [2.05, 4.69) is 36.0 Å². The van der Waals surface area contributed by atoms with Crippen LogP contribution in [0.1, 0.15) is 26.5 Å². The molecule has 1 saturated heterocycles. The fraction of sp³-hybridized carbons (Fsp3) is 0.750. The van der Waals surface area contributed by atoms with Crippen molar-refractivity contribution in [3.63, 3.8) is 0 Å². The minimum absolute atomic E-state index is 0.642. The van der Waals surface area contributed by atoms with Gasteiger partial charge in [0.2, 0.25) is 0 Å². The second-order valence-electron chi connectivity index (χ2n) is 4.56. The highest BCUT2D eigenvalue weighted by atomic mass is 32.2. The van der Waals surface area contributed by atoms with Gasteiger partial charge >= 0.3 is 0 Å². The predicted octanol–water partition coefficient (Wildman–Crippen LogP) is 2.11. The first kappa shape index (κ1) is 12.8. The lowest BCUT2D eigenvalue weighted by atomic mass is 10.3. The highest BCUT2D eigenvalue weighted by Gasteiger charge is 2.25. The quantitative estimate of drug-likeness (QED) is 0.892. The first-order valence-corrected chi connectivity index (χ1v) is 7.18. The van der Waals surface area contributed by atoms with Gasteiger partial charge in [0.25, 0.3) is 6.01 Å². The molecule has 1 N–H and O–H groups in total. The molecule has 1 aromatic heterocycles. The summed E-state index contributed by atoms with van der Waals surface area (Å²) in [4.78, 5) is 6.78. The second kappa shape index (κ2) is 5.78. The molecule has 2 atom stereocenters. The van der Waals surface area contributed by atoms with Crippen LogP contribution in [0.5, 0.6) is 0 Å². The molecule has 2 rings (SSSR count). The van der Waals surface area contributed by atoms with Crippen molar-refractivity contribution in [2.75, 3.05) is 24.5 Å². The third kappa shape index (κ3) is 3.39. The summed E-state index contributed by atoms with van der Waals surface area (Å²) in [6.07, 6.45) is 1.76. The van der Waals surface area contributed by atoms with E-state index in [0.717, 1.165) is 37.9 Å². The molecule has 5 heteroatoms. The van der Waals surface area contributed by atoms with Crippen LogP contribution >= 0.6 is 11.8 Å². The molecule has 0 radical (unpaired) electrons. The van der Waals surface area contributed by atoms with Gasteiger partial charge in [-0.15, -0.1) is 0 Å². The zero-order chi connectivity index (χ0) is 12.3. The lowest BCUT2D eigenvalue weighted by Gasteiger charge is -2.33. The van der Waals surface area contributed by atoms with Gasteiger partial charge in [-0.25, -0.2) is 0 Å². The van der Waals surface area contributed by atoms with Crippen LogP contribution in [0.25, 0.3) is 0 Å². The molecule has 0 bridgehead atoms. The number of oxazole rings is 1. The van der Waals surface area contributed by atoms with E-state index >= 15 is 0 Å². The van der Waals surface area contributed by atoms with Crippen LogP contribution in [-0.2, 0) is 6.54 Å². The Balaban J connectivity index is 1.98. The number of hydrogen-bond acceptors (Lipinski definition) is 5. The third-order valence-corrected chi connectivity index (χ3v) is 4.01. The van der Waals surface area contributed by atoms with Crippen LogP contribution in [0.4, 0.5) is 6.01 Å². The van der Waals surface area contributed by atoms with Gasteiger partial charge in [-0.1, -0.05) is 20.8 Å². The molecule has 1 aliphatic rings. The van der Waals surface area contributed by atoms with Gasteiger partial charge in [-0.05, 0) is 6.54 Å². The van der Waals surface area contributed by atoms with Crippen LogP contribution in [0.3, 0.4) is 0 Å². The maximum Gasteiger partial charge on any atom is 0.297 e. The Labute approximate surface area is 107 Å². The van der Waals surface area contributed by atoms with Crippen LogP contribution in [0, 0.1) is 0 Å². The van der Waals surface area contributed by atoms with E-state index in [1.54, 1.807) is 6.26 Å². The molecule has 0 spiro atoms. The van der Waals surface area contributed by atoms with Gasteiger partial charge in [0, 0.05) is 30.1 Å². The van der Waals surface area contributed by atoms with Crippen molar-refractivity contribution in [2.45, 2.75) is 37.8 Å². The van der Waals surface area contributed by atoms with Gasteiger partial charge in [-0.3, -0.25) is 0 Å². The number of nitrogens with zero attached hydrogens (tertiary/aromatic N) is 2. The topological polar surface area (TPSA) is 41.3 Å². The maximum absolute atomic E-state index is 5.56. The molecule has 17 heavy (non-hydrogen) atoms. The van der Waals surface area contributed by atoms with E-state index in [1.807, 2.05) is 11.8 Å². The van der Waals surface area contributed by atoms with Gasteiger partial charge in [0.05, 0.1) is 5.69 Å². The first-order chi connectivity index (χ1) is 8.19. The van der Waals surface area contributed by atoms with Crippen molar-refractivity contribution in [1.82, 2.24) is 10.3 Å². The average Bonchev–Trinajstić information content (AvgIpc) is 2.73. The molecule has 2 unspecified atom stereocenters. The number of hydrogen-bond donors (Lipinski definition) is 1. The zero-order valence-electron chi connectivity index (χ0n) is 10.8. The largest absolute Gasteiger partial charge is 0.432 e. The number of anilines is 1. The van der Waals surface area contributed by atoms with Crippen LogP contribution < -0.4 is 10.2 Å². The number of nitrogens with one attached hydrogen (secondary N) is 1. The van der Waals surface area contributed by atoms with E-state index in [1.165, 1.54) is 0 Å². The van der Waals surface area contributed by atoms with E-state index in [-0.39, 0.29) is 0 Å². The SMILES string of the molecule is CCNCc1coc(N2CC(C)SC(C)C2)n1. The Bertz CT molecular complexity index is 345. The molecule has 0 aromatic carbocycles. The Morgan fingerprint density at radius 1 is 1.47 bits per heavy atom. The van der Waals surface area contributed by atoms with Crippen LogP contribution in [0.2, 0.25) is 0 Å². The molecule has 0 saturated carbocycles. The van der Waals surface area contributed by atoms with E-state index in [4.69, 9.17) is 4.42 Å². The summed E-state index contributed by atoms with van der Waals surface area (Å²) in [6, 6.07) is 0.775. The molecule has 1 aromatic rings. The fourth-order valence-corrected chi connectivity index (χ4v) is 3.44. The molecule has 4 nitrogen and oxygen atoms in total. The molecule has 2 heterocycles. The Kier molecular flexibility index (Phi) is 4.34. The Morgan fingerprint density at radius 3 is 2.82 bits per heavy atom. The lowest BCUT2D eigenvalue weighted by Crippen LogP contribution is -2.40. The monoisotopic (exact) mass is 255 g/mol. The predicted molar refractivity (Wildman–Crippen MR) is 72.6 cm³/mol.